The van der Waals surface area contributed by atoms with Crippen LogP contribution in [0.15, 0.2) is 66.7 Å². The van der Waals surface area contributed by atoms with Crippen molar-refractivity contribution in [3.05, 3.63) is 77.9 Å². The van der Waals surface area contributed by atoms with Crippen molar-refractivity contribution >= 4 is 22.8 Å². The van der Waals surface area contributed by atoms with E-state index in [4.69, 9.17) is 14.2 Å². The van der Waals surface area contributed by atoms with E-state index in [2.05, 4.69) is 29.5 Å². The molecule has 10 nitrogen and oxygen atoms in total. The first-order chi connectivity index (χ1) is 19.4. The maximum Gasteiger partial charge on any atom is 0.247 e. The highest BCUT2D eigenvalue weighted by Crippen LogP contribution is 2.34. The fraction of sp³-hybridized carbons (Fsp3) is 0.333. The number of amides is 2. The van der Waals surface area contributed by atoms with E-state index in [0.717, 1.165) is 17.5 Å². The van der Waals surface area contributed by atoms with Gasteiger partial charge in [-0.15, -0.1) is 5.10 Å². The number of fused-ring (bicyclic) bond motifs is 2. The number of hydrogen-bond acceptors (Lipinski definition) is 7. The minimum atomic E-state index is -0.921. The van der Waals surface area contributed by atoms with Crippen molar-refractivity contribution in [2.75, 3.05) is 20.4 Å². The molecule has 10 heteroatoms. The molecule has 1 aliphatic heterocycles. The average Bonchev–Trinajstić information content (AvgIpc) is 3.59. The van der Waals surface area contributed by atoms with Crippen LogP contribution in [0.25, 0.3) is 11.0 Å². The second kappa shape index (κ2) is 12.1. The summed E-state index contributed by atoms with van der Waals surface area (Å²) in [6.45, 7) is 4.90. The van der Waals surface area contributed by atoms with Gasteiger partial charge in [0.25, 0.3) is 0 Å². The maximum atomic E-state index is 14.1. The van der Waals surface area contributed by atoms with Crippen LogP contribution in [0, 0.1) is 5.92 Å². The third kappa shape index (κ3) is 6.01. The molecule has 0 radical (unpaired) electrons. The monoisotopic (exact) mass is 543 g/mol. The second-order valence-corrected chi connectivity index (χ2v) is 10.1. The molecule has 5 rings (SSSR count). The van der Waals surface area contributed by atoms with Gasteiger partial charge in [-0.2, -0.15) is 0 Å². The molecule has 0 fully saturated rings. The lowest BCUT2D eigenvalue weighted by Crippen LogP contribution is -2.45. The minimum absolute atomic E-state index is 0.0925. The highest BCUT2D eigenvalue weighted by atomic mass is 16.7. The van der Waals surface area contributed by atoms with Crippen molar-refractivity contribution < 1.29 is 23.8 Å². The number of para-hydroxylation sites is 1. The van der Waals surface area contributed by atoms with Crippen molar-refractivity contribution in [2.45, 2.75) is 39.4 Å². The molecule has 1 atom stereocenters. The van der Waals surface area contributed by atoms with Crippen molar-refractivity contribution in [3.8, 4) is 17.2 Å². The van der Waals surface area contributed by atoms with E-state index in [1.165, 1.54) is 0 Å². The number of nitrogens with one attached hydrogen (secondary N) is 1. The van der Waals surface area contributed by atoms with Gasteiger partial charge in [0.05, 0.1) is 12.6 Å². The Balaban J connectivity index is 1.53. The number of nitrogens with zero attached hydrogens (tertiary/aromatic N) is 4. The molecule has 3 aromatic carbocycles. The quantitative estimate of drug-likeness (QED) is 0.303. The van der Waals surface area contributed by atoms with Gasteiger partial charge in [0.15, 0.2) is 11.5 Å². The number of benzene rings is 3. The van der Waals surface area contributed by atoms with Crippen LogP contribution in [0.5, 0.6) is 17.2 Å². The van der Waals surface area contributed by atoms with Crippen LogP contribution in [0.4, 0.5) is 0 Å². The van der Waals surface area contributed by atoms with Gasteiger partial charge in [0.2, 0.25) is 18.6 Å². The number of rotatable bonds is 11. The molecular weight excluding hydrogens is 510 g/mol. The second-order valence-electron chi connectivity index (χ2n) is 10.1. The zero-order chi connectivity index (χ0) is 28.1. The lowest BCUT2D eigenvalue weighted by atomic mass is 10.0. The molecule has 4 aromatic rings. The summed E-state index contributed by atoms with van der Waals surface area (Å²) in [7, 11) is 1.57. The van der Waals surface area contributed by atoms with Crippen molar-refractivity contribution in [1.82, 2.24) is 25.2 Å². The van der Waals surface area contributed by atoms with Crippen LogP contribution in [-0.2, 0) is 22.7 Å². The highest BCUT2D eigenvalue weighted by molar-refractivity contribution is 5.89. The molecule has 0 spiro atoms. The van der Waals surface area contributed by atoms with Gasteiger partial charge in [-0.3, -0.25) is 9.59 Å². The molecule has 1 aliphatic rings. The van der Waals surface area contributed by atoms with Crippen molar-refractivity contribution in [2.24, 2.45) is 5.92 Å². The Bertz CT molecular complexity index is 1500. The number of carbonyl (C=O) groups is 2. The van der Waals surface area contributed by atoms with Crippen LogP contribution >= 0.6 is 0 Å². The molecule has 2 heterocycles. The third-order valence-corrected chi connectivity index (χ3v) is 6.81. The standard InChI is InChI=1S/C30H33N5O5/c1-20(2)13-14-31-30(37)29(22-7-6-8-23(16-22)38-3)34(17-21-11-12-26-27(15-21)40-19-39-26)28(36)18-35-25-10-5-4-9-24(25)32-33-35/h4-12,15-16,20,29H,13-14,17-19H2,1-3H3,(H,31,37). The first kappa shape index (κ1) is 27.0. The molecule has 0 saturated carbocycles. The molecule has 0 bridgehead atoms. The zero-order valence-electron chi connectivity index (χ0n) is 22.9. The predicted octanol–water partition coefficient (Wildman–Crippen LogP) is 4.10. The molecule has 1 unspecified atom stereocenters. The van der Waals surface area contributed by atoms with E-state index in [1.54, 1.807) is 22.8 Å². The number of ether oxygens (including phenoxy) is 3. The zero-order valence-corrected chi connectivity index (χ0v) is 22.9. The van der Waals surface area contributed by atoms with Crippen LogP contribution in [0.1, 0.15) is 37.4 Å². The largest absolute Gasteiger partial charge is 0.497 e. The fourth-order valence-electron chi connectivity index (χ4n) is 4.68. The summed E-state index contributed by atoms with van der Waals surface area (Å²) in [4.78, 5) is 29.5. The first-order valence-electron chi connectivity index (χ1n) is 13.3. The van der Waals surface area contributed by atoms with Gasteiger partial charge in [-0.1, -0.05) is 49.4 Å². The van der Waals surface area contributed by atoms with Crippen LogP contribution in [0.2, 0.25) is 0 Å². The first-order valence-corrected chi connectivity index (χ1v) is 13.3. The van der Waals surface area contributed by atoms with E-state index in [0.29, 0.717) is 40.8 Å². The SMILES string of the molecule is COc1cccc(C(C(=O)NCCC(C)C)N(Cc2ccc3c(c2)OCO3)C(=O)Cn2nnc3ccccc32)c1. The summed E-state index contributed by atoms with van der Waals surface area (Å²) < 4.78 is 18.0. The van der Waals surface area contributed by atoms with E-state index >= 15 is 0 Å². The summed E-state index contributed by atoms with van der Waals surface area (Å²) in [5.74, 6) is 1.70. The Hall–Kier alpha value is -4.60. The molecule has 2 amide bonds. The number of methoxy groups -OCH3 is 1. The van der Waals surface area contributed by atoms with Gasteiger partial charge in [-0.05, 0) is 59.9 Å². The molecule has 40 heavy (non-hydrogen) atoms. The minimum Gasteiger partial charge on any atom is -0.497 e. The summed E-state index contributed by atoms with van der Waals surface area (Å²) in [5, 5.41) is 11.4. The number of hydrogen-bond donors (Lipinski definition) is 1. The van der Waals surface area contributed by atoms with Gasteiger partial charge in [0.1, 0.15) is 23.9 Å². The topological polar surface area (TPSA) is 108 Å². The molecule has 208 valence electrons. The lowest BCUT2D eigenvalue weighted by molar-refractivity contribution is -0.142. The van der Waals surface area contributed by atoms with Crippen molar-refractivity contribution in [3.63, 3.8) is 0 Å². The Kier molecular flexibility index (Phi) is 8.14. The Morgan fingerprint density at radius 1 is 1.05 bits per heavy atom. The van der Waals surface area contributed by atoms with E-state index < -0.39 is 6.04 Å². The fourth-order valence-corrected chi connectivity index (χ4v) is 4.68. The smallest absolute Gasteiger partial charge is 0.247 e. The predicted molar refractivity (Wildman–Crippen MR) is 149 cm³/mol. The lowest BCUT2D eigenvalue weighted by Gasteiger charge is -2.32. The highest BCUT2D eigenvalue weighted by Gasteiger charge is 2.33. The molecule has 0 aliphatic carbocycles. The van der Waals surface area contributed by atoms with Crippen LogP contribution in [0.3, 0.4) is 0 Å². The summed E-state index contributed by atoms with van der Waals surface area (Å²) in [6, 6.07) is 19.3. The van der Waals surface area contributed by atoms with E-state index in [9.17, 15) is 9.59 Å². The third-order valence-electron chi connectivity index (χ3n) is 6.81. The van der Waals surface area contributed by atoms with Gasteiger partial charge in [0, 0.05) is 13.1 Å². The Morgan fingerprint density at radius 3 is 2.70 bits per heavy atom. The summed E-state index contributed by atoms with van der Waals surface area (Å²) in [5.41, 5.74) is 2.86. The van der Waals surface area contributed by atoms with Gasteiger partial charge < -0.3 is 24.4 Å². The van der Waals surface area contributed by atoms with Crippen LogP contribution < -0.4 is 19.5 Å². The van der Waals surface area contributed by atoms with Gasteiger partial charge in [-0.25, -0.2) is 4.68 Å². The van der Waals surface area contributed by atoms with Gasteiger partial charge >= 0.3 is 0 Å². The summed E-state index contributed by atoms with van der Waals surface area (Å²) in [6.07, 6.45) is 0.817. The van der Waals surface area contributed by atoms with E-state index in [1.807, 2.05) is 60.7 Å². The average molecular weight is 544 g/mol. The molecule has 0 saturated heterocycles. The molecule has 1 aromatic heterocycles. The summed E-state index contributed by atoms with van der Waals surface area (Å²) >= 11 is 0. The van der Waals surface area contributed by atoms with Crippen molar-refractivity contribution in [1.29, 1.82) is 0 Å². The number of carbonyl (C=O) groups excluding carboxylic acids is 2. The normalized spacial score (nSPS) is 12.9. The maximum absolute atomic E-state index is 14.1. The molecule has 1 N–H and O–H groups in total. The van der Waals surface area contributed by atoms with E-state index in [-0.39, 0.29) is 31.7 Å². The molecular formula is C30H33N5O5. The Labute approximate surface area is 232 Å². The number of aromatic nitrogens is 3. The Morgan fingerprint density at radius 2 is 1.88 bits per heavy atom. The van der Waals surface area contributed by atoms with Crippen LogP contribution in [-0.4, -0.2) is 52.2 Å².